The van der Waals surface area contributed by atoms with E-state index in [1.165, 1.54) is 11.1 Å². The molecule has 1 aliphatic heterocycles. The van der Waals surface area contributed by atoms with Gasteiger partial charge in [-0.25, -0.2) is 0 Å². The predicted octanol–water partition coefficient (Wildman–Crippen LogP) is 1.65. The summed E-state index contributed by atoms with van der Waals surface area (Å²) in [5, 5.41) is 2.73. The van der Waals surface area contributed by atoms with Gasteiger partial charge < -0.3 is 10.1 Å². The smallest absolute Gasteiger partial charge is 0.257 e. The number of hydrogen-bond acceptors (Lipinski definition) is 2. The van der Waals surface area contributed by atoms with Gasteiger partial charge in [0.25, 0.3) is 5.91 Å². The number of morpholine rings is 1. The first-order valence-electron chi connectivity index (χ1n) is 5.62. The van der Waals surface area contributed by atoms with Gasteiger partial charge in [-0.05, 0) is 23.1 Å². The van der Waals surface area contributed by atoms with E-state index in [9.17, 15) is 4.79 Å². The molecule has 0 spiro atoms. The molecule has 1 aromatic carbocycles. The molecule has 3 nitrogen and oxygen atoms in total. The van der Waals surface area contributed by atoms with Crippen LogP contribution in [0.15, 0.2) is 42.1 Å². The molecule has 1 amide bonds. The molecule has 0 saturated carbocycles. The monoisotopic (exact) mass is 227 g/mol. The Kier molecular flexibility index (Phi) is 2.34. The Morgan fingerprint density at radius 3 is 2.94 bits per heavy atom. The highest BCUT2D eigenvalue weighted by molar-refractivity contribution is 5.88. The fourth-order valence-corrected chi connectivity index (χ4v) is 2.29. The second-order valence-electron chi connectivity index (χ2n) is 4.38. The third kappa shape index (κ3) is 1.78. The summed E-state index contributed by atoms with van der Waals surface area (Å²) >= 11 is 0. The van der Waals surface area contributed by atoms with Gasteiger partial charge in [0.15, 0.2) is 6.10 Å². The van der Waals surface area contributed by atoms with Crippen LogP contribution in [0.4, 0.5) is 0 Å². The Hall–Kier alpha value is -1.87. The minimum absolute atomic E-state index is 0.111. The number of benzene rings is 1. The van der Waals surface area contributed by atoms with E-state index in [-0.39, 0.29) is 5.91 Å². The fourth-order valence-electron chi connectivity index (χ4n) is 2.29. The quantitative estimate of drug-likeness (QED) is 0.792. The Labute approximate surface area is 99.8 Å². The molecule has 3 heteroatoms. The number of fused-ring (bicyclic) bond motifs is 1. The number of nitrogens with one attached hydrogen (secondary N) is 1. The molecule has 2 aliphatic rings. The largest absolute Gasteiger partial charge is 0.358 e. The van der Waals surface area contributed by atoms with E-state index in [0.29, 0.717) is 12.3 Å². The zero-order chi connectivity index (χ0) is 11.8. The van der Waals surface area contributed by atoms with Crippen molar-refractivity contribution >= 4 is 12.0 Å². The van der Waals surface area contributed by atoms with Crippen molar-refractivity contribution in [1.82, 2.24) is 5.32 Å². The Morgan fingerprint density at radius 1 is 1.35 bits per heavy atom. The maximum absolute atomic E-state index is 11.8. The lowest BCUT2D eigenvalue weighted by Gasteiger charge is -2.25. The highest BCUT2D eigenvalue weighted by Gasteiger charge is 2.30. The average Bonchev–Trinajstić information content (AvgIpc) is 2.72. The summed E-state index contributed by atoms with van der Waals surface area (Å²) in [5.74, 6) is -0.111. The van der Waals surface area contributed by atoms with Crippen LogP contribution >= 0.6 is 0 Å². The van der Waals surface area contributed by atoms with Crippen LogP contribution < -0.4 is 5.32 Å². The zero-order valence-corrected chi connectivity index (χ0v) is 9.40. The maximum Gasteiger partial charge on any atom is 0.257 e. The summed E-state index contributed by atoms with van der Waals surface area (Å²) in [4.78, 5) is 11.8. The molecule has 1 N–H and O–H groups in total. The fraction of sp³-hybridized carbons (Fsp3) is 0.214. The Balaban J connectivity index is 1.84. The van der Waals surface area contributed by atoms with Crippen LogP contribution in [0.1, 0.15) is 11.1 Å². The molecule has 1 aromatic rings. The van der Waals surface area contributed by atoms with E-state index < -0.39 is 6.10 Å². The van der Waals surface area contributed by atoms with Gasteiger partial charge in [-0.15, -0.1) is 0 Å². The van der Waals surface area contributed by atoms with Crippen LogP contribution in [-0.4, -0.2) is 18.6 Å². The zero-order valence-electron chi connectivity index (χ0n) is 9.40. The van der Waals surface area contributed by atoms with Crippen molar-refractivity contribution in [2.75, 3.05) is 6.61 Å². The first-order chi connectivity index (χ1) is 8.24. The topological polar surface area (TPSA) is 38.3 Å². The molecule has 1 heterocycles. The standard InChI is InChI=1S/C14H13NO2/c1-9-8-17-13(14(16)15-9)12-6-10-4-2-3-5-11(10)7-12/h2-6,13H,1,7-8H2,(H,15,16). The third-order valence-corrected chi connectivity index (χ3v) is 3.09. The molecule has 0 aromatic heterocycles. The van der Waals surface area contributed by atoms with Gasteiger partial charge in [0.05, 0.1) is 6.61 Å². The van der Waals surface area contributed by atoms with E-state index in [2.05, 4.69) is 24.0 Å². The predicted molar refractivity (Wildman–Crippen MR) is 65.1 cm³/mol. The first kappa shape index (κ1) is 10.3. The van der Waals surface area contributed by atoms with Gasteiger partial charge in [0.2, 0.25) is 0 Å². The number of carbonyl (C=O) groups is 1. The van der Waals surface area contributed by atoms with Crippen LogP contribution in [0.5, 0.6) is 0 Å². The highest BCUT2D eigenvalue weighted by Crippen LogP contribution is 2.28. The summed E-state index contributed by atoms with van der Waals surface area (Å²) in [6, 6.07) is 8.15. The number of amides is 1. The Morgan fingerprint density at radius 2 is 2.18 bits per heavy atom. The SMILES string of the molecule is C=C1COC(C2=Cc3ccccc3C2)C(=O)N1. The molecule has 1 atom stereocenters. The van der Waals surface area contributed by atoms with Crippen LogP contribution in [0.25, 0.3) is 6.08 Å². The molecule has 0 radical (unpaired) electrons. The van der Waals surface area contributed by atoms with Crippen molar-refractivity contribution in [3.8, 4) is 0 Å². The van der Waals surface area contributed by atoms with E-state index >= 15 is 0 Å². The second-order valence-corrected chi connectivity index (χ2v) is 4.38. The summed E-state index contributed by atoms with van der Waals surface area (Å²) in [5.41, 5.74) is 4.09. The van der Waals surface area contributed by atoms with Crippen LogP contribution in [0, 0.1) is 0 Å². The summed E-state index contributed by atoms with van der Waals surface area (Å²) in [6.07, 6.45) is 2.38. The van der Waals surface area contributed by atoms with E-state index in [1.54, 1.807) is 0 Å². The molecule has 3 rings (SSSR count). The normalized spacial score (nSPS) is 23.1. The lowest BCUT2D eigenvalue weighted by Crippen LogP contribution is -2.43. The molecule has 1 saturated heterocycles. The molecular formula is C14H13NO2. The van der Waals surface area contributed by atoms with Crippen molar-refractivity contribution < 1.29 is 9.53 Å². The number of hydrogen-bond donors (Lipinski definition) is 1. The van der Waals surface area contributed by atoms with Crippen molar-refractivity contribution in [1.29, 1.82) is 0 Å². The van der Waals surface area contributed by atoms with E-state index in [0.717, 1.165) is 12.0 Å². The lowest BCUT2D eigenvalue weighted by molar-refractivity contribution is -0.132. The molecule has 1 aliphatic carbocycles. The van der Waals surface area contributed by atoms with Gasteiger partial charge >= 0.3 is 0 Å². The van der Waals surface area contributed by atoms with Gasteiger partial charge in [0, 0.05) is 5.70 Å². The van der Waals surface area contributed by atoms with Gasteiger partial charge in [-0.2, -0.15) is 0 Å². The molecular weight excluding hydrogens is 214 g/mol. The van der Waals surface area contributed by atoms with Crippen molar-refractivity contribution in [3.63, 3.8) is 0 Å². The Bertz CT molecular complexity index is 531. The second kappa shape index (κ2) is 3.86. The van der Waals surface area contributed by atoms with Crippen molar-refractivity contribution in [2.45, 2.75) is 12.5 Å². The highest BCUT2D eigenvalue weighted by atomic mass is 16.5. The van der Waals surface area contributed by atoms with Crippen LogP contribution in [0.3, 0.4) is 0 Å². The van der Waals surface area contributed by atoms with Gasteiger partial charge in [-0.1, -0.05) is 36.9 Å². The number of rotatable bonds is 1. The number of ether oxygens (including phenoxy) is 1. The van der Waals surface area contributed by atoms with E-state index in [1.807, 2.05) is 18.2 Å². The van der Waals surface area contributed by atoms with Gasteiger partial charge in [0.1, 0.15) is 0 Å². The summed E-state index contributed by atoms with van der Waals surface area (Å²) in [6.45, 7) is 4.08. The summed E-state index contributed by atoms with van der Waals surface area (Å²) < 4.78 is 5.54. The third-order valence-electron chi connectivity index (χ3n) is 3.09. The van der Waals surface area contributed by atoms with Crippen LogP contribution in [-0.2, 0) is 16.0 Å². The van der Waals surface area contributed by atoms with E-state index in [4.69, 9.17) is 4.74 Å². The first-order valence-corrected chi connectivity index (χ1v) is 5.62. The lowest BCUT2D eigenvalue weighted by atomic mass is 10.1. The molecule has 17 heavy (non-hydrogen) atoms. The molecule has 1 fully saturated rings. The molecule has 0 bridgehead atoms. The van der Waals surface area contributed by atoms with Gasteiger partial charge in [-0.3, -0.25) is 4.79 Å². The minimum Gasteiger partial charge on any atom is -0.358 e. The van der Waals surface area contributed by atoms with Crippen molar-refractivity contribution in [3.05, 3.63) is 53.2 Å². The number of carbonyl (C=O) groups excluding carboxylic acids is 1. The maximum atomic E-state index is 11.8. The van der Waals surface area contributed by atoms with Crippen molar-refractivity contribution in [2.24, 2.45) is 0 Å². The molecule has 86 valence electrons. The molecule has 1 unspecified atom stereocenters. The average molecular weight is 227 g/mol. The minimum atomic E-state index is -0.465. The van der Waals surface area contributed by atoms with Crippen LogP contribution in [0.2, 0.25) is 0 Å². The summed E-state index contributed by atoms with van der Waals surface area (Å²) in [7, 11) is 0.